The molecule has 1 aromatic rings. The van der Waals surface area contributed by atoms with E-state index in [9.17, 15) is 0 Å². The lowest BCUT2D eigenvalue weighted by Crippen LogP contribution is -2.38. The van der Waals surface area contributed by atoms with Gasteiger partial charge in [0.1, 0.15) is 0 Å². The third-order valence-electron chi connectivity index (χ3n) is 2.30. The van der Waals surface area contributed by atoms with Crippen molar-refractivity contribution in [1.82, 2.24) is 10.4 Å². The topological polar surface area (TPSA) is 60.2 Å². The molecule has 0 bridgehead atoms. The van der Waals surface area contributed by atoms with Gasteiger partial charge in [0.25, 0.3) is 0 Å². The number of hydrogen-bond acceptors (Lipinski definition) is 5. The molecule has 0 aromatic carbocycles. The summed E-state index contributed by atoms with van der Waals surface area (Å²) in [5.41, 5.74) is 4.70. The maximum atomic E-state index is 5.53. The monoisotopic (exact) mass is 229 g/mol. The first kappa shape index (κ1) is 12.6. The van der Waals surface area contributed by atoms with Crippen molar-refractivity contribution < 1.29 is 4.74 Å². The molecule has 0 aliphatic carbocycles. The molecule has 5 heteroatoms. The molecule has 0 saturated carbocycles. The van der Waals surface area contributed by atoms with Crippen LogP contribution in [0.1, 0.15) is 18.2 Å². The molecule has 4 nitrogen and oxygen atoms in total. The van der Waals surface area contributed by atoms with Gasteiger partial charge in [0.15, 0.2) is 0 Å². The third kappa shape index (κ3) is 4.70. The van der Waals surface area contributed by atoms with Crippen molar-refractivity contribution in [3.63, 3.8) is 0 Å². The van der Waals surface area contributed by atoms with E-state index in [1.165, 1.54) is 4.88 Å². The molecular formula is C10H19N3OS. The van der Waals surface area contributed by atoms with E-state index in [0.29, 0.717) is 12.0 Å². The van der Waals surface area contributed by atoms with E-state index in [4.69, 9.17) is 10.6 Å². The molecule has 3 N–H and O–H groups in total. The Hall–Kier alpha value is -0.490. The number of nitrogens with two attached hydrogens (primary N) is 1. The number of rotatable bonds is 7. The van der Waals surface area contributed by atoms with Crippen molar-refractivity contribution in [3.05, 3.63) is 16.6 Å². The first-order valence-electron chi connectivity index (χ1n) is 5.08. The molecule has 0 spiro atoms. The van der Waals surface area contributed by atoms with Gasteiger partial charge in [0.2, 0.25) is 0 Å². The number of ether oxygens (including phenoxy) is 1. The number of methoxy groups -OCH3 is 1. The number of nitrogens with zero attached hydrogens (tertiary/aromatic N) is 1. The van der Waals surface area contributed by atoms with Crippen LogP contribution in [0, 0.1) is 5.92 Å². The Labute approximate surface area is 94.8 Å². The van der Waals surface area contributed by atoms with Crippen LogP contribution in [0.15, 0.2) is 11.7 Å². The SMILES string of the molecule is COCC(C)CC(Cc1cncs1)NN. The number of nitrogens with one attached hydrogen (secondary N) is 1. The third-order valence-corrected chi connectivity index (χ3v) is 3.11. The predicted octanol–water partition coefficient (Wildman–Crippen LogP) is 1.19. The van der Waals surface area contributed by atoms with Crippen LogP contribution in [0.25, 0.3) is 0 Å². The summed E-state index contributed by atoms with van der Waals surface area (Å²) >= 11 is 1.67. The van der Waals surface area contributed by atoms with Crippen molar-refractivity contribution in [2.75, 3.05) is 13.7 Å². The Balaban J connectivity index is 2.35. The van der Waals surface area contributed by atoms with Crippen molar-refractivity contribution in [2.24, 2.45) is 11.8 Å². The van der Waals surface area contributed by atoms with Gasteiger partial charge in [-0.05, 0) is 12.3 Å². The molecule has 0 aliphatic heterocycles. The minimum absolute atomic E-state index is 0.301. The maximum absolute atomic E-state index is 5.53. The lowest BCUT2D eigenvalue weighted by Gasteiger charge is -2.18. The lowest BCUT2D eigenvalue weighted by molar-refractivity contribution is 0.149. The minimum atomic E-state index is 0.301. The highest BCUT2D eigenvalue weighted by Crippen LogP contribution is 2.13. The zero-order chi connectivity index (χ0) is 11.1. The van der Waals surface area contributed by atoms with Crippen LogP contribution in [0.2, 0.25) is 0 Å². The standard InChI is InChI=1S/C10H19N3OS/c1-8(6-14-2)3-9(13-11)4-10-5-12-7-15-10/h5,7-9,13H,3-4,6,11H2,1-2H3. The van der Waals surface area contributed by atoms with Gasteiger partial charge in [-0.2, -0.15) is 0 Å². The summed E-state index contributed by atoms with van der Waals surface area (Å²) in [6.45, 7) is 2.95. The van der Waals surface area contributed by atoms with Gasteiger partial charge < -0.3 is 4.74 Å². The molecule has 0 amide bonds. The largest absolute Gasteiger partial charge is 0.384 e. The smallest absolute Gasteiger partial charge is 0.0794 e. The summed E-state index contributed by atoms with van der Waals surface area (Å²) < 4.78 is 5.11. The van der Waals surface area contributed by atoms with Crippen molar-refractivity contribution >= 4 is 11.3 Å². The summed E-state index contributed by atoms with van der Waals surface area (Å²) in [6.07, 6.45) is 3.85. The summed E-state index contributed by atoms with van der Waals surface area (Å²) in [5, 5.41) is 0. The van der Waals surface area contributed by atoms with E-state index < -0.39 is 0 Å². The second-order valence-corrected chi connectivity index (χ2v) is 4.80. The van der Waals surface area contributed by atoms with Crippen molar-refractivity contribution in [3.8, 4) is 0 Å². The van der Waals surface area contributed by atoms with Crippen LogP contribution in [0.4, 0.5) is 0 Å². The van der Waals surface area contributed by atoms with Gasteiger partial charge in [0.05, 0.1) is 5.51 Å². The Morgan fingerprint density at radius 3 is 3.00 bits per heavy atom. The highest BCUT2D eigenvalue weighted by Gasteiger charge is 2.13. The highest BCUT2D eigenvalue weighted by atomic mass is 32.1. The van der Waals surface area contributed by atoms with Crippen LogP contribution < -0.4 is 11.3 Å². The first-order chi connectivity index (χ1) is 7.26. The quantitative estimate of drug-likeness (QED) is 0.544. The second kappa shape index (κ2) is 6.90. The highest BCUT2D eigenvalue weighted by molar-refractivity contribution is 7.09. The van der Waals surface area contributed by atoms with E-state index in [2.05, 4.69) is 17.3 Å². The van der Waals surface area contributed by atoms with E-state index in [1.807, 2.05) is 11.7 Å². The fourth-order valence-electron chi connectivity index (χ4n) is 1.63. The van der Waals surface area contributed by atoms with Gasteiger partial charge in [0, 0.05) is 37.3 Å². The Kier molecular flexibility index (Phi) is 5.78. The molecule has 1 heterocycles. The molecule has 86 valence electrons. The molecule has 2 atom stereocenters. The minimum Gasteiger partial charge on any atom is -0.384 e. The predicted molar refractivity (Wildman–Crippen MR) is 62.6 cm³/mol. The number of hydrazine groups is 1. The Bertz CT molecular complexity index is 253. The van der Waals surface area contributed by atoms with E-state index in [1.54, 1.807) is 18.4 Å². The Morgan fingerprint density at radius 2 is 2.47 bits per heavy atom. The fraction of sp³-hybridized carbons (Fsp3) is 0.700. The van der Waals surface area contributed by atoms with Crippen molar-refractivity contribution in [2.45, 2.75) is 25.8 Å². The molecule has 15 heavy (non-hydrogen) atoms. The molecule has 0 aliphatic rings. The molecule has 0 saturated heterocycles. The fourth-order valence-corrected chi connectivity index (χ4v) is 2.31. The average molecular weight is 229 g/mol. The number of hydrogen-bond donors (Lipinski definition) is 2. The molecule has 1 aromatic heterocycles. The van der Waals surface area contributed by atoms with E-state index in [-0.39, 0.29) is 0 Å². The van der Waals surface area contributed by atoms with Crippen LogP contribution in [-0.4, -0.2) is 24.7 Å². The van der Waals surface area contributed by atoms with Gasteiger partial charge in [-0.15, -0.1) is 11.3 Å². The Morgan fingerprint density at radius 1 is 1.67 bits per heavy atom. The van der Waals surface area contributed by atoms with Gasteiger partial charge in [-0.3, -0.25) is 16.3 Å². The maximum Gasteiger partial charge on any atom is 0.0794 e. The van der Waals surface area contributed by atoms with Crippen molar-refractivity contribution in [1.29, 1.82) is 0 Å². The summed E-state index contributed by atoms with van der Waals surface area (Å²) in [5.74, 6) is 6.04. The summed E-state index contributed by atoms with van der Waals surface area (Å²) in [6, 6.07) is 0.301. The summed E-state index contributed by atoms with van der Waals surface area (Å²) in [7, 11) is 1.73. The number of thiazole rings is 1. The molecular weight excluding hydrogens is 210 g/mol. The zero-order valence-corrected chi connectivity index (χ0v) is 10.1. The average Bonchev–Trinajstić information content (AvgIpc) is 2.70. The molecule has 0 radical (unpaired) electrons. The molecule has 1 rings (SSSR count). The first-order valence-corrected chi connectivity index (χ1v) is 5.96. The van der Waals surface area contributed by atoms with Crippen LogP contribution in [0.3, 0.4) is 0 Å². The lowest BCUT2D eigenvalue weighted by atomic mass is 10.0. The summed E-state index contributed by atoms with van der Waals surface area (Å²) in [4.78, 5) is 5.32. The zero-order valence-electron chi connectivity index (χ0n) is 9.27. The van der Waals surface area contributed by atoms with E-state index >= 15 is 0 Å². The second-order valence-electron chi connectivity index (χ2n) is 3.83. The normalized spacial score (nSPS) is 15.1. The van der Waals surface area contributed by atoms with Gasteiger partial charge >= 0.3 is 0 Å². The van der Waals surface area contributed by atoms with Gasteiger partial charge in [-0.25, -0.2) is 0 Å². The molecule has 0 fully saturated rings. The van der Waals surface area contributed by atoms with Crippen LogP contribution in [0.5, 0.6) is 0 Å². The number of aromatic nitrogens is 1. The van der Waals surface area contributed by atoms with Crippen LogP contribution >= 0.6 is 11.3 Å². The van der Waals surface area contributed by atoms with Gasteiger partial charge in [-0.1, -0.05) is 6.92 Å². The van der Waals surface area contributed by atoms with Crippen LogP contribution in [-0.2, 0) is 11.2 Å². The van der Waals surface area contributed by atoms with E-state index in [0.717, 1.165) is 19.4 Å². The molecule has 2 unspecified atom stereocenters.